The Morgan fingerprint density at radius 1 is 1.44 bits per heavy atom. The molecular weight excluding hydrogens is 240 g/mol. The van der Waals surface area contributed by atoms with E-state index in [4.69, 9.17) is 10.5 Å². The summed E-state index contributed by atoms with van der Waals surface area (Å²) in [6, 6.07) is 0. The Morgan fingerprint density at radius 2 is 2.11 bits per heavy atom. The van der Waals surface area contributed by atoms with Gasteiger partial charge in [0.05, 0.1) is 6.20 Å². The standard InChI is InChI=1S/C10H16N4O4/c1-10(2,3)18-8(15)5-14-4-7(12-13-14)6-17-9(11)16/h4H,5-6H2,1-3H3,(H2,11,16). The van der Waals surface area contributed by atoms with Crippen molar-refractivity contribution in [2.45, 2.75) is 39.5 Å². The Hall–Kier alpha value is -2.12. The van der Waals surface area contributed by atoms with Crippen LogP contribution < -0.4 is 5.73 Å². The first-order chi connectivity index (χ1) is 8.26. The number of rotatable bonds is 4. The van der Waals surface area contributed by atoms with Gasteiger partial charge in [0.25, 0.3) is 0 Å². The second kappa shape index (κ2) is 5.48. The summed E-state index contributed by atoms with van der Waals surface area (Å²) in [5.74, 6) is -0.422. The Bertz CT molecular complexity index is 435. The van der Waals surface area contributed by atoms with Crippen molar-refractivity contribution in [3.63, 3.8) is 0 Å². The lowest BCUT2D eigenvalue weighted by atomic mass is 10.2. The molecule has 0 aromatic carbocycles. The van der Waals surface area contributed by atoms with E-state index in [-0.39, 0.29) is 13.2 Å². The molecule has 0 saturated carbocycles. The predicted octanol–water partition coefficient (Wildman–Crippen LogP) is 0.215. The largest absolute Gasteiger partial charge is 0.459 e. The number of ether oxygens (including phenoxy) is 2. The summed E-state index contributed by atoms with van der Waals surface area (Å²) in [5.41, 5.74) is 4.66. The summed E-state index contributed by atoms with van der Waals surface area (Å²) in [5, 5.41) is 7.41. The summed E-state index contributed by atoms with van der Waals surface area (Å²) in [4.78, 5) is 21.9. The lowest BCUT2D eigenvalue weighted by molar-refractivity contribution is -0.155. The van der Waals surface area contributed by atoms with Crippen molar-refractivity contribution in [1.82, 2.24) is 15.0 Å². The minimum atomic E-state index is -0.892. The number of carbonyl (C=O) groups is 2. The summed E-state index contributed by atoms with van der Waals surface area (Å²) in [6.45, 7) is 5.19. The van der Waals surface area contributed by atoms with Crippen molar-refractivity contribution >= 4 is 12.1 Å². The van der Waals surface area contributed by atoms with Crippen LogP contribution in [0.4, 0.5) is 4.79 Å². The predicted molar refractivity (Wildman–Crippen MR) is 60.2 cm³/mol. The minimum Gasteiger partial charge on any atom is -0.459 e. The van der Waals surface area contributed by atoms with Crippen LogP contribution in [0.2, 0.25) is 0 Å². The smallest absolute Gasteiger partial charge is 0.404 e. The van der Waals surface area contributed by atoms with Crippen LogP contribution >= 0.6 is 0 Å². The molecule has 0 aliphatic heterocycles. The molecule has 0 saturated heterocycles. The van der Waals surface area contributed by atoms with Crippen LogP contribution in [-0.2, 0) is 27.4 Å². The highest BCUT2D eigenvalue weighted by Crippen LogP contribution is 2.07. The van der Waals surface area contributed by atoms with Gasteiger partial charge in [0.15, 0.2) is 0 Å². The molecule has 0 fully saturated rings. The molecule has 8 nitrogen and oxygen atoms in total. The summed E-state index contributed by atoms with van der Waals surface area (Å²) < 4.78 is 10.9. The number of amides is 1. The molecule has 0 bridgehead atoms. The molecule has 0 unspecified atom stereocenters. The molecule has 1 rings (SSSR count). The number of carbonyl (C=O) groups excluding carboxylic acids is 2. The quantitative estimate of drug-likeness (QED) is 0.771. The molecule has 8 heteroatoms. The molecule has 0 atom stereocenters. The first kappa shape index (κ1) is 13.9. The SMILES string of the molecule is CC(C)(C)OC(=O)Cn1cc(COC(N)=O)nn1. The van der Waals surface area contributed by atoms with Gasteiger partial charge in [0.2, 0.25) is 0 Å². The fraction of sp³-hybridized carbons (Fsp3) is 0.600. The maximum atomic E-state index is 11.5. The minimum absolute atomic E-state index is 0.0547. The normalized spacial score (nSPS) is 11.1. The van der Waals surface area contributed by atoms with Crippen molar-refractivity contribution in [1.29, 1.82) is 0 Å². The van der Waals surface area contributed by atoms with Gasteiger partial charge >= 0.3 is 12.1 Å². The average molecular weight is 256 g/mol. The monoisotopic (exact) mass is 256 g/mol. The van der Waals surface area contributed by atoms with Crippen LogP contribution in [0.15, 0.2) is 6.20 Å². The molecule has 1 amide bonds. The van der Waals surface area contributed by atoms with E-state index in [2.05, 4.69) is 15.0 Å². The average Bonchev–Trinajstić information content (AvgIpc) is 2.59. The molecule has 0 aliphatic rings. The van der Waals surface area contributed by atoms with Crippen LogP contribution in [0.1, 0.15) is 26.5 Å². The van der Waals surface area contributed by atoms with Crippen molar-refractivity contribution < 1.29 is 19.1 Å². The lowest BCUT2D eigenvalue weighted by Gasteiger charge is -2.19. The van der Waals surface area contributed by atoms with Crippen molar-refractivity contribution in [2.24, 2.45) is 5.73 Å². The van der Waals surface area contributed by atoms with E-state index < -0.39 is 17.7 Å². The van der Waals surface area contributed by atoms with Gasteiger partial charge in [-0.2, -0.15) is 0 Å². The van der Waals surface area contributed by atoms with E-state index in [1.807, 2.05) is 0 Å². The van der Waals surface area contributed by atoms with E-state index >= 15 is 0 Å². The van der Waals surface area contributed by atoms with Crippen LogP contribution in [-0.4, -0.2) is 32.7 Å². The maximum Gasteiger partial charge on any atom is 0.404 e. The number of aromatic nitrogens is 3. The van der Waals surface area contributed by atoms with Crippen LogP contribution in [0, 0.1) is 0 Å². The van der Waals surface area contributed by atoms with Crippen molar-refractivity contribution in [2.75, 3.05) is 0 Å². The first-order valence-corrected chi connectivity index (χ1v) is 5.29. The van der Waals surface area contributed by atoms with Crippen molar-refractivity contribution in [3.8, 4) is 0 Å². The van der Waals surface area contributed by atoms with E-state index in [1.165, 1.54) is 10.9 Å². The fourth-order valence-corrected chi connectivity index (χ4v) is 1.13. The molecule has 0 radical (unpaired) electrons. The number of primary amides is 1. The molecule has 100 valence electrons. The Balaban J connectivity index is 2.48. The van der Waals surface area contributed by atoms with Gasteiger partial charge in [-0.05, 0) is 20.8 Å². The zero-order chi connectivity index (χ0) is 13.8. The van der Waals surface area contributed by atoms with Gasteiger partial charge in [-0.1, -0.05) is 5.21 Å². The van der Waals surface area contributed by atoms with E-state index in [0.717, 1.165) is 0 Å². The van der Waals surface area contributed by atoms with E-state index in [1.54, 1.807) is 20.8 Å². The van der Waals surface area contributed by atoms with Crippen LogP contribution in [0.3, 0.4) is 0 Å². The first-order valence-electron chi connectivity index (χ1n) is 5.29. The van der Waals surface area contributed by atoms with Gasteiger partial charge in [0.1, 0.15) is 24.4 Å². The van der Waals surface area contributed by atoms with Crippen LogP contribution in [0.5, 0.6) is 0 Å². The summed E-state index contributed by atoms with van der Waals surface area (Å²) in [7, 11) is 0. The fourth-order valence-electron chi connectivity index (χ4n) is 1.13. The van der Waals surface area contributed by atoms with Gasteiger partial charge in [-0.3, -0.25) is 4.79 Å². The summed E-state index contributed by atoms with van der Waals surface area (Å²) >= 11 is 0. The van der Waals surface area contributed by atoms with Crippen molar-refractivity contribution in [3.05, 3.63) is 11.9 Å². The Kier molecular flexibility index (Phi) is 4.24. The third-order valence-electron chi connectivity index (χ3n) is 1.66. The number of nitrogens with two attached hydrogens (primary N) is 1. The van der Waals surface area contributed by atoms with Gasteiger partial charge in [0, 0.05) is 0 Å². The third-order valence-corrected chi connectivity index (χ3v) is 1.66. The zero-order valence-electron chi connectivity index (χ0n) is 10.5. The molecule has 18 heavy (non-hydrogen) atoms. The molecular formula is C10H16N4O4. The molecule has 0 aliphatic carbocycles. The number of hydrogen-bond acceptors (Lipinski definition) is 6. The highest BCUT2D eigenvalue weighted by molar-refractivity contribution is 5.69. The third kappa shape index (κ3) is 5.28. The van der Waals surface area contributed by atoms with E-state index in [9.17, 15) is 9.59 Å². The molecule has 1 aromatic heterocycles. The zero-order valence-corrected chi connectivity index (χ0v) is 10.5. The van der Waals surface area contributed by atoms with Crippen LogP contribution in [0.25, 0.3) is 0 Å². The lowest BCUT2D eigenvalue weighted by Crippen LogP contribution is -2.26. The van der Waals surface area contributed by atoms with E-state index in [0.29, 0.717) is 5.69 Å². The number of hydrogen-bond donors (Lipinski definition) is 1. The maximum absolute atomic E-state index is 11.5. The number of esters is 1. The summed E-state index contributed by atoms with van der Waals surface area (Å²) in [6.07, 6.45) is 0.587. The topological polar surface area (TPSA) is 109 Å². The molecule has 1 heterocycles. The second-order valence-corrected chi connectivity index (χ2v) is 4.60. The van der Waals surface area contributed by atoms with Gasteiger partial charge in [-0.15, -0.1) is 5.10 Å². The highest BCUT2D eigenvalue weighted by Gasteiger charge is 2.17. The van der Waals surface area contributed by atoms with Gasteiger partial charge < -0.3 is 15.2 Å². The second-order valence-electron chi connectivity index (χ2n) is 4.60. The Labute approximate surface area is 104 Å². The molecule has 1 aromatic rings. The number of nitrogens with zero attached hydrogens (tertiary/aromatic N) is 3. The highest BCUT2D eigenvalue weighted by atomic mass is 16.6. The Morgan fingerprint density at radius 3 is 2.67 bits per heavy atom. The molecule has 0 spiro atoms. The molecule has 2 N–H and O–H groups in total. The van der Waals surface area contributed by atoms with Gasteiger partial charge in [-0.25, -0.2) is 9.48 Å².